The first-order valence-electron chi connectivity index (χ1n) is 12.0. The van der Waals surface area contributed by atoms with E-state index >= 15 is 0 Å². The standard InChI is InChI=1S/C28H33N3O5S/c1-5-36-26-14-10-9-13-25(26)31(37(34,35)24-11-7-6-8-12-24)20-27(32)30(22(3)28(33)29-4)19-23-17-15-21(2)16-18-23/h6-18,22H,5,19-20H2,1-4H3,(H,29,33). The number of carbonyl (C=O) groups is 2. The lowest BCUT2D eigenvalue weighted by atomic mass is 10.1. The van der Waals surface area contributed by atoms with Gasteiger partial charge in [-0.1, -0.05) is 60.2 Å². The zero-order valence-corrected chi connectivity index (χ0v) is 22.4. The van der Waals surface area contributed by atoms with Crippen LogP contribution in [-0.2, 0) is 26.2 Å². The largest absolute Gasteiger partial charge is 0.492 e. The SMILES string of the molecule is CCOc1ccccc1N(CC(=O)N(Cc1ccc(C)cc1)C(C)C(=O)NC)S(=O)(=O)c1ccccc1. The topological polar surface area (TPSA) is 96.0 Å². The molecule has 37 heavy (non-hydrogen) atoms. The number of hydrogen-bond acceptors (Lipinski definition) is 5. The van der Waals surface area contributed by atoms with E-state index in [2.05, 4.69) is 5.32 Å². The van der Waals surface area contributed by atoms with Crippen LogP contribution in [0.3, 0.4) is 0 Å². The Hall–Kier alpha value is -3.85. The van der Waals surface area contributed by atoms with Crippen LogP contribution in [0.15, 0.2) is 83.8 Å². The number of hydrogen-bond donors (Lipinski definition) is 1. The third-order valence-corrected chi connectivity index (χ3v) is 7.71. The van der Waals surface area contributed by atoms with Crippen molar-refractivity contribution >= 4 is 27.5 Å². The van der Waals surface area contributed by atoms with Crippen LogP contribution in [0.25, 0.3) is 0 Å². The Bertz CT molecular complexity index is 1310. The van der Waals surface area contributed by atoms with Crippen molar-refractivity contribution in [2.75, 3.05) is 24.5 Å². The molecule has 1 atom stereocenters. The van der Waals surface area contributed by atoms with Gasteiger partial charge in [0, 0.05) is 13.6 Å². The maximum Gasteiger partial charge on any atom is 0.264 e. The molecule has 0 aromatic heterocycles. The van der Waals surface area contributed by atoms with Crippen LogP contribution in [0, 0.1) is 6.92 Å². The number of carbonyl (C=O) groups excluding carboxylic acids is 2. The highest BCUT2D eigenvalue weighted by Gasteiger charge is 2.33. The lowest BCUT2D eigenvalue weighted by molar-refractivity contribution is -0.139. The van der Waals surface area contributed by atoms with Crippen LogP contribution in [0.1, 0.15) is 25.0 Å². The quantitative estimate of drug-likeness (QED) is 0.413. The molecule has 196 valence electrons. The first-order valence-corrected chi connectivity index (χ1v) is 13.5. The number of nitrogens with zero attached hydrogens (tertiary/aromatic N) is 2. The number of amides is 2. The average Bonchev–Trinajstić information content (AvgIpc) is 2.91. The van der Waals surface area contributed by atoms with Gasteiger partial charge in [-0.25, -0.2) is 8.42 Å². The maximum absolute atomic E-state index is 13.8. The van der Waals surface area contributed by atoms with Gasteiger partial charge in [0.25, 0.3) is 10.0 Å². The predicted octanol–water partition coefficient (Wildman–Crippen LogP) is 3.75. The summed E-state index contributed by atoms with van der Waals surface area (Å²) < 4.78 is 34.4. The third-order valence-electron chi connectivity index (χ3n) is 5.93. The van der Waals surface area contributed by atoms with Crippen LogP contribution in [-0.4, -0.2) is 51.4 Å². The van der Waals surface area contributed by atoms with Gasteiger partial charge < -0.3 is 15.0 Å². The average molecular weight is 524 g/mol. The molecule has 2 amide bonds. The molecule has 0 radical (unpaired) electrons. The number of rotatable bonds is 11. The molecule has 0 aliphatic heterocycles. The Morgan fingerprint density at radius 1 is 0.946 bits per heavy atom. The van der Waals surface area contributed by atoms with Gasteiger partial charge >= 0.3 is 0 Å². The number of ether oxygens (including phenoxy) is 1. The van der Waals surface area contributed by atoms with E-state index in [4.69, 9.17) is 4.74 Å². The van der Waals surface area contributed by atoms with Crippen LogP contribution < -0.4 is 14.4 Å². The van der Waals surface area contributed by atoms with E-state index < -0.39 is 28.5 Å². The van der Waals surface area contributed by atoms with Gasteiger partial charge in [-0.3, -0.25) is 13.9 Å². The van der Waals surface area contributed by atoms with Gasteiger partial charge in [0.15, 0.2) is 0 Å². The second kappa shape index (κ2) is 12.4. The Balaban J connectivity index is 2.06. The van der Waals surface area contributed by atoms with Crippen LogP contribution >= 0.6 is 0 Å². The van der Waals surface area contributed by atoms with Crippen molar-refractivity contribution in [1.29, 1.82) is 0 Å². The second-order valence-electron chi connectivity index (χ2n) is 8.52. The molecular formula is C28H33N3O5S. The number of sulfonamides is 1. The minimum atomic E-state index is -4.15. The predicted molar refractivity (Wildman–Crippen MR) is 144 cm³/mol. The highest BCUT2D eigenvalue weighted by molar-refractivity contribution is 7.92. The maximum atomic E-state index is 13.8. The fourth-order valence-corrected chi connectivity index (χ4v) is 5.30. The van der Waals surface area contributed by atoms with E-state index in [-0.39, 0.29) is 23.0 Å². The van der Waals surface area contributed by atoms with E-state index in [1.165, 1.54) is 24.1 Å². The molecule has 0 heterocycles. The van der Waals surface area contributed by atoms with Gasteiger partial charge in [-0.15, -0.1) is 0 Å². The molecular weight excluding hydrogens is 490 g/mol. The number of likely N-dealkylation sites (N-methyl/N-ethyl adjacent to an activating group) is 1. The lowest BCUT2D eigenvalue weighted by Crippen LogP contribution is -2.50. The van der Waals surface area contributed by atoms with E-state index in [1.807, 2.05) is 31.2 Å². The minimum Gasteiger partial charge on any atom is -0.492 e. The normalized spacial score (nSPS) is 11.9. The number of aryl methyl sites for hydroxylation is 1. The Morgan fingerprint density at radius 3 is 2.19 bits per heavy atom. The van der Waals surface area contributed by atoms with E-state index in [1.54, 1.807) is 56.3 Å². The number of nitrogens with one attached hydrogen (secondary N) is 1. The number of benzene rings is 3. The summed E-state index contributed by atoms with van der Waals surface area (Å²) in [5, 5.41) is 2.58. The van der Waals surface area contributed by atoms with Crippen molar-refractivity contribution < 1.29 is 22.7 Å². The molecule has 3 aromatic carbocycles. The van der Waals surface area contributed by atoms with Gasteiger partial charge in [-0.2, -0.15) is 0 Å². The molecule has 0 fully saturated rings. The summed E-state index contributed by atoms with van der Waals surface area (Å²) >= 11 is 0. The molecule has 0 aliphatic carbocycles. The fourth-order valence-electron chi connectivity index (χ4n) is 3.86. The van der Waals surface area contributed by atoms with Crippen molar-refractivity contribution in [2.24, 2.45) is 0 Å². The molecule has 0 bridgehead atoms. The van der Waals surface area contributed by atoms with Crippen LogP contribution in [0.2, 0.25) is 0 Å². The molecule has 3 rings (SSSR count). The molecule has 8 nitrogen and oxygen atoms in total. The summed E-state index contributed by atoms with van der Waals surface area (Å²) in [5.41, 5.74) is 2.12. The van der Waals surface area contributed by atoms with E-state index in [0.717, 1.165) is 15.4 Å². The van der Waals surface area contributed by atoms with Crippen molar-refractivity contribution in [3.8, 4) is 5.75 Å². The smallest absolute Gasteiger partial charge is 0.264 e. The molecule has 1 N–H and O–H groups in total. The summed E-state index contributed by atoms with van der Waals surface area (Å²) in [6, 6.07) is 21.4. The number of para-hydroxylation sites is 2. The highest BCUT2D eigenvalue weighted by Crippen LogP contribution is 2.32. The fraction of sp³-hybridized carbons (Fsp3) is 0.286. The van der Waals surface area contributed by atoms with Gasteiger partial charge in [0.2, 0.25) is 11.8 Å². The van der Waals surface area contributed by atoms with Crippen molar-refractivity contribution in [3.63, 3.8) is 0 Å². The van der Waals surface area contributed by atoms with Crippen LogP contribution in [0.4, 0.5) is 5.69 Å². The highest BCUT2D eigenvalue weighted by atomic mass is 32.2. The molecule has 0 spiro atoms. The number of anilines is 1. The van der Waals surface area contributed by atoms with E-state index in [9.17, 15) is 18.0 Å². The minimum absolute atomic E-state index is 0.0403. The first-order chi connectivity index (χ1) is 17.7. The zero-order valence-electron chi connectivity index (χ0n) is 21.5. The van der Waals surface area contributed by atoms with Crippen molar-refractivity contribution in [1.82, 2.24) is 10.2 Å². The molecule has 9 heteroatoms. The summed E-state index contributed by atoms with van der Waals surface area (Å²) in [6.07, 6.45) is 0. The molecule has 3 aromatic rings. The second-order valence-corrected chi connectivity index (χ2v) is 10.4. The van der Waals surface area contributed by atoms with E-state index in [0.29, 0.717) is 12.4 Å². The lowest BCUT2D eigenvalue weighted by Gasteiger charge is -2.32. The van der Waals surface area contributed by atoms with Gasteiger partial charge in [0.1, 0.15) is 18.3 Å². The summed E-state index contributed by atoms with van der Waals surface area (Å²) in [6.45, 7) is 5.31. The van der Waals surface area contributed by atoms with Gasteiger partial charge in [-0.05, 0) is 50.6 Å². The zero-order chi connectivity index (χ0) is 27.0. The van der Waals surface area contributed by atoms with Crippen LogP contribution in [0.5, 0.6) is 5.75 Å². The molecule has 1 unspecified atom stereocenters. The molecule has 0 saturated heterocycles. The monoisotopic (exact) mass is 523 g/mol. The summed E-state index contributed by atoms with van der Waals surface area (Å²) in [5.74, 6) is -0.545. The summed E-state index contributed by atoms with van der Waals surface area (Å²) in [7, 11) is -2.65. The van der Waals surface area contributed by atoms with Crippen molar-refractivity contribution in [2.45, 2.75) is 38.3 Å². The summed E-state index contributed by atoms with van der Waals surface area (Å²) in [4.78, 5) is 27.8. The molecule has 0 aliphatic rings. The molecule has 0 saturated carbocycles. The Kier molecular flexibility index (Phi) is 9.30. The van der Waals surface area contributed by atoms with Gasteiger partial charge in [0.05, 0.1) is 17.2 Å². The Labute approximate surface area is 218 Å². The first kappa shape index (κ1) is 27.7. The third kappa shape index (κ3) is 6.68. The van der Waals surface area contributed by atoms with Crippen molar-refractivity contribution in [3.05, 3.63) is 90.0 Å². The Morgan fingerprint density at radius 2 is 1.57 bits per heavy atom.